The molecule has 6 nitrogen and oxygen atoms in total. The van der Waals surface area contributed by atoms with Gasteiger partial charge in [0, 0.05) is 16.5 Å². The SMILES string of the molecule is Cc1csc(NC(=O)CSc2nnc3n2C(C)(C)Cc2ccccc2-3)n1. The highest BCUT2D eigenvalue weighted by molar-refractivity contribution is 7.99. The zero-order valence-corrected chi connectivity index (χ0v) is 16.4. The number of benzene rings is 1. The van der Waals surface area contributed by atoms with E-state index in [1.54, 1.807) is 0 Å². The Kier molecular flexibility index (Phi) is 4.32. The van der Waals surface area contributed by atoms with E-state index >= 15 is 0 Å². The molecule has 1 amide bonds. The molecule has 8 heteroatoms. The Morgan fingerprint density at radius 2 is 2.15 bits per heavy atom. The Morgan fingerprint density at radius 1 is 1.35 bits per heavy atom. The van der Waals surface area contributed by atoms with Crippen molar-refractivity contribution in [2.75, 3.05) is 11.1 Å². The van der Waals surface area contributed by atoms with Gasteiger partial charge in [-0.15, -0.1) is 21.5 Å². The molecule has 26 heavy (non-hydrogen) atoms. The summed E-state index contributed by atoms with van der Waals surface area (Å²) in [4.78, 5) is 16.5. The van der Waals surface area contributed by atoms with Crippen LogP contribution in [-0.2, 0) is 16.8 Å². The van der Waals surface area contributed by atoms with Gasteiger partial charge >= 0.3 is 0 Å². The highest BCUT2D eigenvalue weighted by atomic mass is 32.2. The first-order valence-electron chi connectivity index (χ1n) is 8.33. The van der Waals surface area contributed by atoms with Crippen LogP contribution in [0.25, 0.3) is 11.4 Å². The first kappa shape index (κ1) is 17.2. The third-order valence-corrected chi connectivity index (χ3v) is 6.12. The summed E-state index contributed by atoms with van der Waals surface area (Å²) in [6, 6.07) is 8.30. The van der Waals surface area contributed by atoms with E-state index in [0.717, 1.165) is 28.7 Å². The predicted octanol–water partition coefficient (Wildman–Crippen LogP) is 3.73. The van der Waals surface area contributed by atoms with Gasteiger partial charge < -0.3 is 5.32 Å². The summed E-state index contributed by atoms with van der Waals surface area (Å²) in [5, 5.41) is 14.9. The molecule has 1 N–H and O–H groups in total. The minimum absolute atomic E-state index is 0.0873. The lowest BCUT2D eigenvalue weighted by Crippen LogP contribution is -2.33. The number of hydrogen-bond acceptors (Lipinski definition) is 6. The maximum Gasteiger partial charge on any atom is 0.236 e. The molecule has 1 aliphatic rings. The monoisotopic (exact) mass is 385 g/mol. The van der Waals surface area contributed by atoms with Crippen LogP contribution in [0.4, 0.5) is 5.13 Å². The Balaban J connectivity index is 1.54. The Bertz CT molecular complexity index is 976. The van der Waals surface area contributed by atoms with Crippen LogP contribution in [-0.4, -0.2) is 31.4 Å². The minimum Gasteiger partial charge on any atom is -0.301 e. The molecule has 0 saturated carbocycles. The van der Waals surface area contributed by atoms with E-state index in [2.05, 4.69) is 57.1 Å². The number of nitrogens with one attached hydrogen (secondary N) is 1. The van der Waals surface area contributed by atoms with Gasteiger partial charge in [0.2, 0.25) is 5.91 Å². The van der Waals surface area contributed by atoms with E-state index in [9.17, 15) is 4.79 Å². The summed E-state index contributed by atoms with van der Waals surface area (Å²) in [6.45, 7) is 6.26. The van der Waals surface area contributed by atoms with Crippen LogP contribution in [0.3, 0.4) is 0 Å². The normalized spacial score (nSPS) is 14.6. The number of rotatable bonds is 4. The average Bonchev–Trinajstić information content (AvgIpc) is 3.20. The smallest absolute Gasteiger partial charge is 0.236 e. The first-order valence-corrected chi connectivity index (χ1v) is 10.2. The molecule has 0 atom stereocenters. The standard InChI is InChI=1S/C18H19N5OS2/c1-11-9-25-16(19-11)20-14(24)10-26-17-22-21-15-13-7-5-4-6-12(13)8-18(2,3)23(15)17/h4-7,9H,8,10H2,1-3H3,(H,19,20,24). The van der Waals surface area contributed by atoms with E-state index < -0.39 is 0 Å². The zero-order valence-electron chi connectivity index (χ0n) is 14.8. The Labute approximate surface area is 160 Å². The number of hydrogen-bond donors (Lipinski definition) is 1. The fourth-order valence-corrected chi connectivity index (χ4v) is 4.82. The summed E-state index contributed by atoms with van der Waals surface area (Å²) in [5.41, 5.74) is 3.17. The number of thioether (sulfide) groups is 1. The van der Waals surface area contributed by atoms with Crippen LogP contribution in [0, 0.1) is 6.92 Å². The highest BCUT2D eigenvalue weighted by Crippen LogP contribution is 2.39. The van der Waals surface area contributed by atoms with Crippen LogP contribution in [0.2, 0.25) is 0 Å². The highest BCUT2D eigenvalue weighted by Gasteiger charge is 2.34. The summed E-state index contributed by atoms with van der Waals surface area (Å²) < 4.78 is 2.15. The maximum absolute atomic E-state index is 12.2. The number of amides is 1. The molecule has 0 bridgehead atoms. The Morgan fingerprint density at radius 3 is 2.92 bits per heavy atom. The second-order valence-electron chi connectivity index (χ2n) is 6.92. The summed E-state index contributed by atoms with van der Waals surface area (Å²) in [5.74, 6) is 1.06. The van der Waals surface area contributed by atoms with Crippen molar-refractivity contribution in [3.8, 4) is 11.4 Å². The Hall–Kier alpha value is -2.19. The number of carbonyl (C=O) groups excluding carboxylic acids is 1. The molecule has 1 aliphatic heterocycles. The third kappa shape index (κ3) is 3.14. The molecule has 134 valence electrons. The van der Waals surface area contributed by atoms with Crippen LogP contribution >= 0.6 is 23.1 Å². The number of thiazole rings is 1. The molecule has 0 fully saturated rings. The summed E-state index contributed by atoms with van der Waals surface area (Å²) >= 11 is 2.84. The lowest BCUT2D eigenvalue weighted by atomic mass is 9.87. The van der Waals surface area contributed by atoms with Gasteiger partial charge in [0.05, 0.1) is 11.4 Å². The van der Waals surface area contributed by atoms with Gasteiger partial charge in [0.1, 0.15) is 0 Å². The van der Waals surface area contributed by atoms with Gasteiger partial charge in [-0.1, -0.05) is 36.0 Å². The van der Waals surface area contributed by atoms with E-state index in [1.165, 1.54) is 28.7 Å². The van der Waals surface area contributed by atoms with Crippen molar-refractivity contribution in [2.45, 2.75) is 37.9 Å². The molecule has 0 unspecified atom stereocenters. The molecule has 3 heterocycles. The van der Waals surface area contributed by atoms with Gasteiger partial charge in [0.15, 0.2) is 16.1 Å². The lowest BCUT2D eigenvalue weighted by Gasteiger charge is -2.34. The minimum atomic E-state index is -0.140. The van der Waals surface area contributed by atoms with E-state index in [-0.39, 0.29) is 17.2 Å². The second-order valence-corrected chi connectivity index (χ2v) is 8.72. The molecule has 0 aliphatic carbocycles. The summed E-state index contributed by atoms with van der Waals surface area (Å²) in [7, 11) is 0. The maximum atomic E-state index is 12.2. The largest absolute Gasteiger partial charge is 0.301 e. The molecule has 2 aromatic heterocycles. The fraction of sp³-hybridized carbons (Fsp3) is 0.333. The zero-order chi connectivity index (χ0) is 18.3. The van der Waals surface area contributed by atoms with Gasteiger partial charge in [-0.05, 0) is 32.8 Å². The van der Waals surface area contributed by atoms with Crippen molar-refractivity contribution in [1.82, 2.24) is 19.7 Å². The number of fused-ring (bicyclic) bond motifs is 3. The molecule has 0 saturated heterocycles. The number of aromatic nitrogens is 4. The number of nitrogens with zero attached hydrogens (tertiary/aromatic N) is 4. The number of anilines is 1. The van der Waals surface area contributed by atoms with E-state index in [1.807, 2.05) is 18.4 Å². The lowest BCUT2D eigenvalue weighted by molar-refractivity contribution is -0.113. The van der Waals surface area contributed by atoms with Crippen molar-refractivity contribution >= 4 is 34.1 Å². The first-order chi connectivity index (χ1) is 12.4. The van der Waals surface area contributed by atoms with E-state index in [0.29, 0.717) is 5.13 Å². The fourth-order valence-electron chi connectivity index (χ4n) is 3.22. The van der Waals surface area contributed by atoms with Crippen LogP contribution in [0.15, 0.2) is 34.8 Å². The molecule has 0 spiro atoms. The van der Waals surface area contributed by atoms with Crippen molar-refractivity contribution in [2.24, 2.45) is 0 Å². The van der Waals surface area contributed by atoms with Gasteiger partial charge in [-0.25, -0.2) is 4.98 Å². The van der Waals surface area contributed by atoms with Crippen LogP contribution in [0.1, 0.15) is 25.1 Å². The molecular formula is C18H19N5OS2. The molecular weight excluding hydrogens is 366 g/mol. The molecule has 3 aromatic rings. The second kappa shape index (κ2) is 6.51. The number of carbonyl (C=O) groups is 1. The molecule has 0 radical (unpaired) electrons. The van der Waals surface area contributed by atoms with Crippen LogP contribution in [0.5, 0.6) is 0 Å². The van der Waals surface area contributed by atoms with Gasteiger partial charge in [-0.2, -0.15) is 0 Å². The van der Waals surface area contributed by atoms with Gasteiger partial charge in [0.25, 0.3) is 0 Å². The average molecular weight is 386 g/mol. The summed E-state index contributed by atoms with van der Waals surface area (Å²) in [6.07, 6.45) is 0.909. The third-order valence-electron chi connectivity index (χ3n) is 4.32. The predicted molar refractivity (Wildman–Crippen MR) is 105 cm³/mol. The van der Waals surface area contributed by atoms with Crippen molar-refractivity contribution in [3.05, 3.63) is 40.9 Å². The van der Waals surface area contributed by atoms with Crippen molar-refractivity contribution < 1.29 is 4.79 Å². The van der Waals surface area contributed by atoms with E-state index in [4.69, 9.17) is 0 Å². The van der Waals surface area contributed by atoms with Crippen molar-refractivity contribution in [3.63, 3.8) is 0 Å². The number of aryl methyl sites for hydroxylation is 1. The topological polar surface area (TPSA) is 72.7 Å². The van der Waals surface area contributed by atoms with Gasteiger partial charge in [-0.3, -0.25) is 9.36 Å². The van der Waals surface area contributed by atoms with Crippen molar-refractivity contribution in [1.29, 1.82) is 0 Å². The molecule has 4 rings (SSSR count). The molecule has 1 aromatic carbocycles. The van der Waals surface area contributed by atoms with Crippen LogP contribution < -0.4 is 5.32 Å². The quantitative estimate of drug-likeness (QED) is 0.693.